The van der Waals surface area contributed by atoms with Gasteiger partial charge < -0.3 is 9.47 Å². The second kappa shape index (κ2) is 4.80. The molecule has 116 valence electrons. The zero-order valence-corrected chi connectivity index (χ0v) is 12.4. The zero-order chi connectivity index (χ0) is 14.6. The van der Waals surface area contributed by atoms with Gasteiger partial charge in [-0.2, -0.15) is 4.89 Å². The normalized spacial score (nSPS) is 47.6. The fourth-order valence-corrected chi connectivity index (χ4v) is 5.03. The molecule has 5 rings (SSSR count). The molecule has 1 aliphatic heterocycles. The van der Waals surface area contributed by atoms with Gasteiger partial charge in [0, 0.05) is 11.8 Å². The van der Waals surface area contributed by atoms with Crippen molar-refractivity contribution in [3.8, 4) is 0 Å². The van der Waals surface area contributed by atoms with Crippen molar-refractivity contribution in [2.45, 2.75) is 44.0 Å². The average Bonchev–Trinajstić information content (AvgIpc) is 2.51. The summed E-state index contributed by atoms with van der Waals surface area (Å²) in [6.07, 6.45) is 5.53. The summed E-state index contributed by atoms with van der Waals surface area (Å²) in [5, 5.41) is 0. The largest absolute Gasteiger partial charge is 0.466 e. The Morgan fingerprint density at radius 1 is 1.14 bits per heavy atom. The van der Waals surface area contributed by atoms with E-state index in [1.807, 2.05) is 0 Å². The van der Waals surface area contributed by atoms with E-state index in [0.717, 1.165) is 11.8 Å². The first-order valence-corrected chi connectivity index (χ1v) is 7.88. The number of hydrogen-bond donors (Lipinski definition) is 0. The van der Waals surface area contributed by atoms with Crippen molar-refractivity contribution in [2.75, 3.05) is 13.7 Å². The lowest BCUT2D eigenvalue weighted by molar-refractivity contribution is -0.519. The molecule has 5 nitrogen and oxygen atoms in total. The van der Waals surface area contributed by atoms with E-state index in [2.05, 4.69) is 11.3 Å². The summed E-state index contributed by atoms with van der Waals surface area (Å²) >= 11 is 0. The van der Waals surface area contributed by atoms with Gasteiger partial charge in [0.2, 0.25) is 5.79 Å². The summed E-state index contributed by atoms with van der Waals surface area (Å²) in [5.74, 6) is 1.48. The summed E-state index contributed by atoms with van der Waals surface area (Å²) in [6.45, 7) is 4.03. The van der Waals surface area contributed by atoms with Crippen molar-refractivity contribution in [3.05, 3.63) is 12.2 Å². The molecule has 5 fully saturated rings. The topological polar surface area (TPSA) is 54.0 Å². The molecule has 0 aromatic rings. The van der Waals surface area contributed by atoms with E-state index >= 15 is 0 Å². The summed E-state index contributed by atoms with van der Waals surface area (Å²) < 4.78 is 10.8. The standard InChI is InChI=1S/C16H22O5/c1-9(15(17)18-2)14-8-19-16(21-20-14)12-4-10-3-11(6-12)7-13(16)5-10/h10-14H,1,3-8H2,2H3. The second-order valence-electron chi connectivity index (χ2n) is 7.02. The molecule has 1 heterocycles. The third-order valence-corrected chi connectivity index (χ3v) is 5.87. The molecule has 4 saturated carbocycles. The van der Waals surface area contributed by atoms with Crippen LogP contribution < -0.4 is 0 Å². The van der Waals surface area contributed by atoms with Gasteiger partial charge in [0.25, 0.3) is 0 Å². The van der Waals surface area contributed by atoms with Crippen LogP contribution in [0.3, 0.4) is 0 Å². The maximum absolute atomic E-state index is 11.5. The number of esters is 1. The van der Waals surface area contributed by atoms with Crippen LogP contribution in [-0.2, 0) is 24.0 Å². The van der Waals surface area contributed by atoms with Crippen molar-refractivity contribution in [1.82, 2.24) is 0 Å². The van der Waals surface area contributed by atoms with Crippen LogP contribution in [-0.4, -0.2) is 31.6 Å². The molecule has 0 aromatic carbocycles. The van der Waals surface area contributed by atoms with Crippen LogP contribution >= 0.6 is 0 Å². The molecule has 1 saturated heterocycles. The molecule has 1 unspecified atom stereocenters. The van der Waals surface area contributed by atoms with Crippen molar-refractivity contribution < 1.29 is 24.0 Å². The first kappa shape index (κ1) is 13.7. The minimum atomic E-state index is -0.583. The lowest BCUT2D eigenvalue weighted by Gasteiger charge is -2.60. The van der Waals surface area contributed by atoms with Crippen LogP contribution in [0.5, 0.6) is 0 Å². The molecule has 4 aliphatic carbocycles. The quantitative estimate of drug-likeness (QED) is 0.444. The maximum Gasteiger partial charge on any atom is 0.335 e. The minimum Gasteiger partial charge on any atom is -0.466 e. The molecule has 0 radical (unpaired) electrons. The average molecular weight is 294 g/mol. The Bertz CT molecular complexity index is 433. The Morgan fingerprint density at radius 3 is 2.24 bits per heavy atom. The first-order chi connectivity index (χ1) is 10.1. The SMILES string of the molecule is C=C(C(=O)OC)C1COC2(OO1)C1CC3CC(C1)CC2C3. The maximum atomic E-state index is 11.5. The third kappa shape index (κ3) is 1.98. The molecular formula is C16H22O5. The minimum absolute atomic E-state index is 0.246. The monoisotopic (exact) mass is 294 g/mol. The van der Waals surface area contributed by atoms with Crippen LogP contribution in [0, 0.1) is 23.7 Å². The van der Waals surface area contributed by atoms with Crippen molar-refractivity contribution in [2.24, 2.45) is 23.7 Å². The third-order valence-electron chi connectivity index (χ3n) is 5.87. The zero-order valence-electron chi connectivity index (χ0n) is 12.4. The summed E-state index contributed by atoms with van der Waals surface area (Å²) in [5.41, 5.74) is 0.246. The Hall–Kier alpha value is -0.910. The molecule has 1 atom stereocenters. The molecule has 21 heavy (non-hydrogen) atoms. The Labute approximate surface area is 124 Å². The number of methoxy groups -OCH3 is 1. The number of carbonyl (C=O) groups excluding carboxylic acids is 1. The lowest BCUT2D eigenvalue weighted by Crippen LogP contribution is -2.63. The van der Waals surface area contributed by atoms with Crippen LogP contribution in [0.2, 0.25) is 0 Å². The summed E-state index contributed by atoms with van der Waals surface area (Å²) in [6, 6.07) is 0. The van der Waals surface area contributed by atoms with Gasteiger partial charge in [0.1, 0.15) is 6.10 Å². The van der Waals surface area contributed by atoms with Gasteiger partial charge in [0.15, 0.2) is 0 Å². The molecule has 4 bridgehead atoms. The van der Waals surface area contributed by atoms with E-state index in [-0.39, 0.29) is 5.57 Å². The highest BCUT2D eigenvalue weighted by molar-refractivity contribution is 5.88. The molecule has 5 aliphatic rings. The Kier molecular flexibility index (Phi) is 3.14. The fraction of sp³-hybridized carbons (Fsp3) is 0.812. The fourth-order valence-electron chi connectivity index (χ4n) is 5.03. The predicted octanol–water partition coefficient (Wildman–Crippen LogP) is 2.21. The van der Waals surface area contributed by atoms with Gasteiger partial charge in [-0.3, -0.25) is 0 Å². The highest BCUT2D eigenvalue weighted by Crippen LogP contribution is 2.60. The van der Waals surface area contributed by atoms with Crippen LogP contribution in [0.4, 0.5) is 0 Å². The van der Waals surface area contributed by atoms with Crippen LogP contribution in [0.15, 0.2) is 12.2 Å². The molecular weight excluding hydrogens is 272 g/mol. The second-order valence-corrected chi connectivity index (χ2v) is 7.02. The van der Waals surface area contributed by atoms with Gasteiger partial charge in [-0.25, -0.2) is 9.68 Å². The van der Waals surface area contributed by atoms with E-state index in [1.54, 1.807) is 0 Å². The van der Waals surface area contributed by atoms with Crippen molar-refractivity contribution in [1.29, 1.82) is 0 Å². The summed E-state index contributed by atoms with van der Waals surface area (Å²) in [7, 11) is 1.33. The Balaban J connectivity index is 1.47. The number of rotatable bonds is 2. The number of hydrogen-bond acceptors (Lipinski definition) is 5. The molecule has 1 spiro atoms. The highest BCUT2D eigenvalue weighted by atomic mass is 17.2. The first-order valence-electron chi connectivity index (χ1n) is 7.88. The molecule has 0 amide bonds. The van der Waals surface area contributed by atoms with Crippen LogP contribution in [0.1, 0.15) is 32.1 Å². The van der Waals surface area contributed by atoms with E-state index in [1.165, 1.54) is 39.2 Å². The Morgan fingerprint density at radius 2 is 1.76 bits per heavy atom. The van der Waals surface area contributed by atoms with Gasteiger partial charge >= 0.3 is 5.97 Å². The highest BCUT2D eigenvalue weighted by Gasteiger charge is 2.61. The van der Waals surface area contributed by atoms with E-state index in [9.17, 15) is 4.79 Å². The van der Waals surface area contributed by atoms with Crippen molar-refractivity contribution in [3.63, 3.8) is 0 Å². The molecule has 0 N–H and O–H groups in total. The van der Waals surface area contributed by atoms with E-state index in [0.29, 0.717) is 18.4 Å². The summed E-state index contributed by atoms with van der Waals surface area (Å²) in [4.78, 5) is 22.8. The number of ether oxygens (including phenoxy) is 2. The van der Waals surface area contributed by atoms with E-state index < -0.39 is 17.9 Å². The molecule has 5 heteroatoms. The predicted molar refractivity (Wildman–Crippen MR) is 72.8 cm³/mol. The van der Waals surface area contributed by atoms with Crippen LogP contribution in [0.25, 0.3) is 0 Å². The smallest absolute Gasteiger partial charge is 0.335 e. The van der Waals surface area contributed by atoms with E-state index in [4.69, 9.17) is 14.5 Å². The lowest BCUT2D eigenvalue weighted by atomic mass is 9.53. The number of carbonyl (C=O) groups is 1. The van der Waals surface area contributed by atoms with Gasteiger partial charge in [0.05, 0.1) is 19.3 Å². The van der Waals surface area contributed by atoms with Gasteiger partial charge in [-0.05, 0) is 43.9 Å². The molecule has 0 aromatic heterocycles. The van der Waals surface area contributed by atoms with Gasteiger partial charge in [-0.15, -0.1) is 0 Å². The van der Waals surface area contributed by atoms with Crippen molar-refractivity contribution >= 4 is 5.97 Å². The van der Waals surface area contributed by atoms with Gasteiger partial charge in [-0.1, -0.05) is 6.58 Å².